The third kappa shape index (κ3) is 0.998. The van der Waals surface area contributed by atoms with Gasteiger partial charge in [0.05, 0.1) is 5.69 Å². The molecule has 0 saturated heterocycles. The number of hydrogen-bond donors (Lipinski definition) is 0. The number of aryl methyl sites for hydroxylation is 2. The van der Waals surface area contributed by atoms with Crippen molar-refractivity contribution in [3.05, 3.63) is 29.5 Å². The van der Waals surface area contributed by atoms with E-state index >= 15 is 0 Å². The molecule has 0 bridgehead atoms. The van der Waals surface area contributed by atoms with Gasteiger partial charge >= 0.3 is 0 Å². The lowest BCUT2D eigenvalue weighted by Gasteiger charge is -1.90. The Balaban J connectivity index is 2.73. The summed E-state index contributed by atoms with van der Waals surface area (Å²) < 4.78 is 5.17. The molecule has 0 aliphatic carbocycles. The minimum atomic E-state index is 0.895. The second-order valence-electron chi connectivity index (χ2n) is 2.98. The largest absolute Gasteiger partial charge is 0.356 e. The predicted octanol–water partition coefficient (Wildman–Crippen LogP) is 2.70. The van der Waals surface area contributed by atoms with Gasteiger partial charge in [0.25, 0.3) is 0 Å². The van der Waals surface area contributed by atoms with Crippen LogP contribution in [0.4, 0.5) is 0 Å². The van der Waals surface area contributed by atoms with E-state index in [2.05, 4.69) is 24.2 Å². The van der Waals surface area contributed by atoms with Gasteiger partial charge in [0, 0.05) is 5.39 Å². The first kappa shape index (κ1) is 7.35. The zero-order valence-electron chi connectivity index (χ0n) is 7.29. The fourth-order valence-corrected chi connectivity index (χ4v) is 1.35. The highest BCUT2D eigenvalue weighted by Gasteiger charge is 2.04. The maximum absolute atomic E-state index is 5.17. The van der Waals surface area contributed by atoms with Crippen LogP contribution in [0.2, 0.25) is 0 Å². The van der Waals surface area contributed by atoms with Crippen LogP contribution in [0.15, 0.2) is 22.7 Å². The predicted molar refractivity (Wildman–Crippen MR) is 48.1 cm³/mol. The minimum absolute atomic E-state index is 0.895. The van der Waals surface area contributed by atoms with Crippen molar-refractivity contribution in [3.8, 4) is 0 Å². The van der Waals surface area contributed by atoms with E-state index in [9.17, 15) is 0 Å². The van der Waals surface area contributed by atoms with Gasteiger partial charge in [0.2, 0.25) is 0 Å². The first-order valence-electron chi connectivity index (χ1n) is 4.16. The van der Waals surface area contributed by atoms with Crippen LogP contribution in [0.1, 0.15) is 18.2 Å². The van der Waals surface area contributed by atoms with Gasteiger partial charge in [-0.05, 0) is 31.0 Å². The molecule has 0 unspecified atom stereocenters. The summed E-state index contributed by atoms with van der Waals surface area (Å²) >= 11 is 0. The fraction of sp³-hybridized carbons (Fsp3) is 0.300. The first-order valence-corrected chi connectivity index (χ1v) is 4.16. The molecule has 1 aromatic heterocycles. The number of rotatable bonds is 1. The number of fused-ring (bicyclic) bond motifs is 1. The second-order valence-corrected chi connectivity index (χ2v) is 2.98. The highest BCUT2D eigenvalue weighted by Crippen LogP contribution is 2.19. The zero-order chi connectivity index (χ0) is 8.55. The Morgan fingerprint density at radius 1 is 1.42 bits per heavy atom. The maximum Gasteiger partial charge on any atom is 0.167 e. The topological polar surface area (TPSA) is 26.0 Å². The molecule has 0 amide bonds. The molecule has 2 aromatic rings. The molecule has 0 saturated carbocycles. The molecule has 0 N–H and O–H groups in total. The SMILES string of the molecule is CCc1noc2cc(C)ccc12. The Kier molecular flexibility index (Phi) is 1.61. The molecule has 1 heterocycles. The third-order valence-electron chi connectivity index (χ3n) is 2.04. The van der Waals surface area contributed by atoms with Crippen molar-refractivity contribution < 1.29 is 4.52 Å². The van der Waals surface area contributed by atoms with Crippen molar-refractivity contribution in [3.63, 3.8) is 0 Å². The summed E-state index contributed by atoms with van der Waals surface area (Å²) in [4.78, 5) is 0. The average Bonchev–Trinajstić information content (AvgIpc) is 2.46. The molecule has 0 atom stereocenters. The Labute approximate surface area is 71.2 Å². The molecule has 12 heavy (non-hydrogen) atoms. The number of hydrogen-bond acceptors (Lipinski definition) is 2. The van der Waals surface area contributed by atoms with Crippen LogP contribution < -0.4 is 0 Å². The van der Waals surface area contributed by atoms with Gasteiger partial charge in [-0.1, -0.05) is 18.1 Å². The molecule has 2 heteroatoms. The van der Waals surface area contributed by atoms with Crippen LogP contribution in [-0.4, -0.2) is 5.16 Å². The van der Waals surface area contributed by atoms with Gasteiger partial charge in [-0.15, -0.1) is 0 Å². The van der Waals surface area contributed by atoms with Gasteiger partial charge in [-0.25, -0.2) is 0 Å². The highest BCUT2D eigenvalue weighted by molar-refractivity contribution is 5.79. The van der Waals surface area contributed by atoms with Gasteiger partial charge in [-0.3, -0.25) is 0 Å². The van der Waals surface area contributed by atoms with Gasteiger partial charge in [0.1, 0.15) is 0 Å². The monoisotopic (exact) mass is 161 g/mol. The second kappa shape index (κ2) is 2.63. The first-order chi connectivity index (χ1) is 5.81. The number of aromatic nitrogens is 1. The van der Waals surface area contributed by atoms with E-state index in [1.165, 1.54) is 5.56 Å². The molecule has 0 fully saturated rings. The molecule has 2 nitrogen and oxygen atoms in total. The Morgan fingerprint density at radius 2 is 2.25 bits per heavy atom. The van der Waals surface area contributed by atoms with E-state index in [1.54, 1.807) is 0 Å². The Bertz CT molecular complexity index is 403. The van der Waals surface area contributed by atoms with Gasteiger partial charge in [-0.2, -0.15) is 0 Å². The van der Waals surface area contributed by atoms with Gasteiger partial charge < -0.3 is 4.52 Å². The normalized spacial score (nSPS) is 10.8. The molecule has 0 aliphatic rings. The maximum atomic E-state index is 5.17. The standard InChI is InChI=1S/C10H11NO/c1-3-9-8-5-4-7(2)6-10(8)12-11-9/h4-6H,3H2,1-2H3. The van der Waals surface area contributed by atoms with Crippen molar-refractivity contribution in [1.82, 2.24) is 5.16 Å². The van der Waals surface area contributed by atoms with Crippen LogP contribution in [0, 0.1) is 6.92 Å². The lowest BCUT2D eigenvalue weighted by Crippen LogP contribution is -1.78. The number of nitrogens with zero attached hydrogens (tertiary/aromatic N) is 1. The minimum Gasteiger partial charge on any atom is -0.356 e. The van der Waals surface area contributed by atoms with Crippen LogP contribution in [-0.2, 0) is 6.42 Å². The van der Waals surface area contributed by atoms with Crippen LogP contribution in [0.3, 0.4) is 0 Å². The highest BCUT2D eigenvalue weighted by atomic mass is 16.5. The summed E-state index contributed by atoms with van der Waals surface area (Å²) in [6.07, 6.45) is 0.927. The van der Waals surface area contributed by atoms with E-state index in [1.807, 2.05) is 13.0 Å². The fourth-order valence-electron chi connectivity index (χ4n) is 1.35. The molecule has 0 radical (unpaired) electrons. The van der Waals surface area contributed by atoms with Crippen molar-refractivity contribution in [2.24, 2.45) is 0 Å². The van der Waals surface area contributed by atoms with Crippen molar-refractivity contribution in [1.29, 1.82) is 0 Å². The zero-order valence-corrected chi connectivity index (χ0v) is 7.29. The third-order valence-corrected chi connectivity index (χ3v) is 2.04. The molecule has 0 spiro atoms. The average molecular weight is 161 g/mol. The summed E-state index contributed by atoms with van der Waals surface area (Å²) in [6, 6.07) is 6.17. The lowest BCUT2D eigenvalue weighted by atomic mass is 10.1. The molecule has 0 aliphatic heterocycles. The summed E-state index contributed by atoms with van der Waals surface area (Å²) in [5, 5.41) is 5.12. The molecule has 1 aromatic carbocycles. The smallest absolute Gasteiger partial charge is 0.167 e. The summed E-state index contributed by atoms with van der Waals surface area (Å²) in [6.45, 7) is 4.13. The quantitative estimate of drug-likeness (QED) is 0.642. The number of benzene rings is 1. The summed E-state index contributed by atoms with van der Waals surface area (Å²) in [7, 11) is 0. The Hall–Kier alpha value is -1.31. The summed E-state index contributed by atoms with van der Waals surface area (Å²) in [5.74, 6) is 0. The van der Waals surface area contributed by atoms with Crippen LogP contribution in [0.25, 0.3) is 11.0 Å². The van der Waals surface area contributed by atoms with E-state index in [-0.39, 0.29) is 0 Å². The van der Waals surface area contributed by atoms with E-state index in [0.29, 0.717) is 0 Å². The van der Waals surface area contributed by atoms with E-state index in [0.717, 1.165) is 23.1 Å². The van der Waals surface area contributed by atoms with Crippen molar-refractivity contribution in [2.75, 3.05) is 0 Å². The van der Waals surface area contributed by atoms with Crippen LogP contribution in [0.5, 0.6) is 0 Å². The molecule has 2 rings (SSSR count). The molecular formula is C10H11NO. The summed E-state index contributed by atoms with van der Waals surface area (Å²) in [5.41, 5.74) is 3.15. The van der Waals surface area contributed by atoms with Crippen LogP contribution >= 0.6 is 0 Å². The lowest BCUT2D eigenvalue weighted by molar-refractivity contribution is 0.447. The van der Waals surface area contributed by atoms with Crippen molar-refractivity contribution in [2.45, 2.75) is 20.3 Å². The van der Waals surface area contributed by atoms with E-state index in [4.69, 9.17) is 4.52 Å². The molecular weight excluding hydrogens is 150 g/mol. The molecule has 62 valence electrons. The Morgan fingerprint density at radius 3 is 3.00 bits per heavy atom. The van der Waals surface area contributed by atoms with Gasteiger partial charge in [0.15, 0.2) is 5.58 Å². The van der Waals surface area contributed by atoms with E-state index < -0.39 is 0 Å². The van der Waals surface area contributed by atoms with Crippen molar-refractivity contribution >= 4 is 11.0 Å².